The molecule has 1 aromatic heterocycles. The molecule has 3 aromatic rings. The minimum Gasteiger partial charge on any atom is -0.497 e. The summed E-state index contributed by atoms with van der Waals surface area (Å²) in [5.41, 5.74) is 1.93. The predicted molar refractivity (Wildman–Crippen MR) is 82.6 cm³/mol. The van der Waals surface area contributed by atoms with Gasteiger partial charge in [-0.05, 0) is 47.9 Å². The van der Waals surface area contributed by atoms with Gasteiger partial charge >= 0.3 is 5.97 Å². The first-order valence-electron chi connectivity index (χ1n) is 6.77. The Morgan fingerprint density at radius 1 is 1.09 bits per heavy atom. The van der Waals surface area contributed by atoms with E-state index in [1.165, 1.54) is 0 Å². The molecule has 0 amide bonds. The van der Waals surface area contributed by atoms with E-state index in [1.807, 2.05) is 30.3 Å². The molecule has 0 aliphatic carbocycles. The second-order valence-electron chi connectivity index (χ2n) is 4.87. The zero-order valence-electron chi connectivity index (χ0n) is 12.0. The van der Waals surface area contributed by atoms with Crippen LogP contribution in [-0.4, -0.2) is 23.2 Å². The zero-order chi connectivity index (χ0) is 15.5. The average molecular weight is 297 g/mol. The number of benzene rings is 2. The molecular formula is C17H15NO4. The Labute approximate surface area is 127 Å². The van der Waals surface area contributed by atoms with Crippen LogP contribution < -0.4 is 9.47 Å². The third kappa shape index (κ3) is 2.88. The summed E-state index contributed by atoms with van der Waals surface area (Å²) in [6.45, 7) is 0.378. The highest BCUT2D eigenvalue weighted by Crippen LogP contribution is 2.20. The second kappa shape index (κ2) is 5.81. The highest BCUT2D eigenvalue weighted by molar-refractivity contribution is 5.93. The number of carboxylic acids is 1. The Kier molecular flexibility index (Phi) is 3.70. The van der Waals surface area contributed by atoms with E-state index in [4.69, 9.17) is 14.6 Å². The van der Waals surface area contributed by atoms with E-state index >= 15 is 0 Å². The molecule has 0 aliphatic heterocycles. The number of carbonyl (C=O) groups is 1. The normalized spacial score (nSPS) is 10.6. The van der Waals surface area contributed by atoms with Crippen molar-refractivity contribution in [1.82, 2.24) is 4.98 Å². The fourth-order valence-electron chi connectivity index (χ4n) is 2.23. The van der Waals surface area contributed by atoms with E-state index in [2.05, 4.69) is 4.98 Å². The van der Waals surface area contributed by atoms with Crippen molar-refractivity contribution in [2.24, 2.45) is 0 Å². The quantitative estimate of drug-likeness (QED) is 0.756. The lowest BCUT2D eigenvalue weighted by Crippen LogP contribution is -1.96. The topological polar surface area (TPSA) is 71.6 Å². The minimum absolute atomic E-state index is 0.261. The molecule has 0 atom stereocenters. The summed E-state index contributed by atoms with van der Waals surface area (Å²) in [7, 11) is 1.62. The summed E-state index contributed by atoms with van der Waals surface area (Å²) >= 11 is 0. The van der Waals surface area contributed by atoms with Gasteiger partial charge in [0.1, 0.15) is 18.1 Å². The predicted octanol–water partition coefficient (Wildman–Crippen LogP) is 3.45. The molecule has 0 unspecified atom stereocenters. The Balaban J connectivity index is 1.74. The number of aromatic nitrogens is 1. The number of ether oxygens (including phenoxy) is 2. The SMILES string of the molecule is COc1ccc(OCc2cc3ccc(C(=O)O)cc3[nH]2)cc1. The smallest absolute Gasteiger partial charge is 0.335 e. The maximum Gasteiger partial charge on any atom is 0.335 e. The summed E-state index contributed by atoms with van der Waals surface area (Å²) in [6, 6.07) is 14.3. The van der Waals surface area contributed by atoms with Crippen molar-refractivity contribution in [3.8, 4) is 11.5 Å². The lowest BCUT2D eigenvalue weighted by atomic mass is 10.2. The summed E-state index contributed by atoms with van der Waals surface area (Å²) in [6.07, 6.45) is 0. The second-order valence-corrected chi connectivity index (χ2v) is 4.87. The number of H-pyrrole nitrogens is 1. The molecule has 5 heteroatoms. The number of aromatic carboxylic acids is 1. The zero-order valence-corrected chi connectivity index (χ0v) is 12.0. The average Bonchev–Trinajstić information content (AvgIpc) is 2.95. The van der Waals surface area contributed by atoms with Gasteiger partial charge in [0.15, 0.2) is 0 Å². The Bertz CT molecular complexity index is 805. The molecule has 2 N–H and O–H groups in total. The van der Waals surface area contributed by atoms with Crippen LogP contribution in [-0.2, 0) is 6.61 Å². The van der Waals surface area contributed by atoms with E-state index in [1.54, 1.807) is 25.3 Å². The highest BCUT2D eigenvalue weighted by atomic mass is 16.5. The van der Waals surface area contributed by atoms with Gasteiger partial charge in [-0.15, -0.1) is 0 Å². The van der Waals surface area contributed by atoms with Crippen LogP contribution in [0.15, 0.2) is 48.5 Å². The lowest BCUT2D eigenvalue weighted by Gasteiger charge is -2.05. The molecule has 0 fully saturated rings. The van der Waals surface area contributed by atoms with E-state index in [9.17, 15) is 4.79 Å². The molecule has 0 bridgehead atoms. The fraction of sp³-hybridized carbons (Fsp3) is 0.118. The summed E-state index contributed by atoms with van der Waals surface area (Å²) in [4.78, 5) is 14.1. The van der Waals surface area contributed by atoms with Crippen LogP contribution in [0.2, 0.25) is 0 Å². The van der Waals surface area contributed by atoms with Crippen LogP contribution in [0.3, 0.4) is 0 Å². The third-order valence-electron chi connectivity index (χ3n) is 3.38. The first-order valence-corrected chi connectivity index (χ1v) is 6.77. The number of carboxylic acid groups (broad SMARTS) is 1. The Hall–Kier alpha value is -2.95. The molecule has 3 rings (SSSR count). The molecule has 0 spiro atoms. The van der Waals surface area contributed by atoms with Crippen LogP contribution in [0.1, 0.15) is 16.1 Å². The molecule has 0 saturated heterocycles. The molecule has 0 saturated carbocycles. The van der Waals surface area contributed by atoms with Crippen molar-refractivity contribution in [2.45, 2.75) is 6.61 Å². The largest absolute Gasteiger partial charge is 0.497 e. The van der Waals surface area contributed by atoms with Crippen molar-refractivity contribution in [2.75, 3.05) is 7.11 Å². The molecule has 112 valence electrons. The minimum atomic E-state index is -0.937. The first-order chi connectivity index (χ1) is 10.7. The van der Waals surface area contributed by atoms with Crippen LogP contribution in [0.5, 0.6) is 11.5 Å². The maximum absolute atomic E-state index is 11.0. The molecule has 5 nitrogen and oxygen atoms in total. The number of aromatic amines is 1. The number of hydrogen-bond donors (Lipinski definition) is 2. The molecule has 0 aliphatic rings. The number of fused-ring (bicyclic) bond motifs is 1. The summed E-state index contributed by atoms with van der Waals surface area (Å²) in [5.74, 6) is 0.581. The van der Waals surface area contributed by atoms with Gasteiger partial charge in [-0.25, -0.2) is 4.79 Å². The van der Waals surface area contributed by atoms with Gasteiger partial charge in [-0.3, -0.25) is 0 Å². The molecule has 2 aromatic carbocycles. The van der Waals surface area contributed by atoms with Gasteiger partial charge in [-0.1, -0.05) is 6.07 Å². The van der Waals surface area contributed by atoms with E-state index in [-0.39, 0.29) is 5.56 Å². The van der Waals surface area contributed by atoms with E-state index < -0.39 is 5.97 Å². The number of methoxy groups -OCH3 is 1. The van der Waals surface area contributed by atoms with Crippen LogP contribution in [0, 0.1) is 0 Å². The van der Waals surface area contributed by atoms with Gasteiger partial charge in [0.05, 0.1) is 18.4 Å². The molecule has 0 radical (unpaired) electrons. The number of hydrogen-bond acceptors (Lipinski definition) is 3. The fourth-order valence-corrected chi connectivity index (χ4v) is 2.23. The molecule has 1 heterocycles. The van der Waals surface area contributed by atoms with Crippen molar-refractivity contribution >= 4 is 16.9 Å². The Morgan fingerprint density at radius 3 is 2.50 bits per heavy atom. The number of rotatable bonds is 5. The first kappa shape index (κ1) is 14.0. The van der Waals surface area contributed by atoms with Crippen molar-refractivity contribution in [3.63, 3.8) is 0 Å². The summed E-state index contributed by atoms with van der Waals surface area (Å²) < 4.78 is 10.8. The monoisotopic (exact) mass is 297 g/mol. The lowest BCUT2D eigenvalue weighted by molar-refractivity contribution is 0.0697. The van der Waals surface area contributed by atoms with Gasteiger partial charge in [0.2, 0.25) is 0 Å². The van der Waals surface area contributed by atoms with Gasteiger partial charge in [0, 0.05) is 5.52 Å². The van der Waals surface area contributed by atoms with Crippen LogP contribution in [0.4, 0.5) is 0 Å². The highest BCUT2D eigenvalue weighted by Gasteiger charge is 2.07. The molecular weight excluding hydrogens is 282 g/mol. The third-order valence-corrected chi connectivity index (χ3v) is 3.38. The van der Waals surface area contributed by atoms with Gasteiger partial charge < -0.3 is 19.6 Å². The van der Waals surface area contributed by atoms with Crippen molar-refractivity contribution in [3.05, 3.63) is 59.8 Å². The van der Waals surface area contributed by atoms with Crippen molar-refractivity contribution < 1.29 is 19.4 Å². The number of nitrogens with one attached hydrogen (secondary N) is 1. The maximum atomic E-state index is 11.0. The Morgan fingerprint density at radius 2 is 1.82 bits per heavy atom. The van der Waals surface area contributed by atoms with Gasteiger partial charge in [0.25, 0.3) is 0 Å². The molecule has 22 heavy (non-hydrogen) atoms. The van der Waals surface area contributed by atoms with Crippen molar-refractivity contribution in [1.29, 1.82) is 0 Å². The summed E-state index contributed by atoms with van der Waals surface area (Å²) in [5, 5.41) is 9.95. The standard InChI is InChI=1S/C17H15NO4/c1-21-14-4-6-15(7-5-14)22-10-13-8-11-2-3-12(17(19)20)9-16(11)18-13/h2-9,18H,10H2,1H3,(H,19,20). The van der Waals surface area contributed by atoms with Crippen LogP contribution >= 0.6 is 0 Å². The van der Waals surface area contributed by atoms with Gasteiger partial charge in [-0.2, -0.15) is 0 Å². The van der Waals surface area contributed by atoms with Crippen LogP contribution in [0.25, 0.3) is 10.9 Å². The van der Waals surface area contributed by atoms with E-state index in [0.717, 1.165) is 28.1 Å². The van der Waals surface area contributed by atoms with E-state index in [0.29, 0.717) is 6.61 Å².